The molecule has 2 aliphatic heterocycles. The Morgan fingerprint density at radius 1 is 1.19 bits per heavy atom. The van der Waals surface area contributed by atoms with Gasteiger partial charge in [0.2, 0.25) is 0 Å². The third kappa shape index (κ3) is 4.24. The van der Waals surface area contributed by atoms with Crippen molar-refractivity contribution in [2.75, 3.05) is 37.7 Å². The lowest BCUT2D eigenvalue weighted by Gasteiger charge is -2.30. The van der Waals surface area contributed by atoms with Crippen LogP contribution >= 0.6 is 27.7 Å². The lowest BCUT2D eigenvalue weighted by Crippen LogP contribution is -2.36. The number of aromatic nitrogens is 1. The van der Waals surface area contributed by atoms with Crippen molar-refractivity contribution >= 4 is 50.6 Å². The molecule has 0 radical (unpaired) electrons. The molecule has 0 spiro atoms. The third-order valence-corrected chi connectivity index (χ3v) is 7.03. The summed E-state index contributed by atoms with van der Waals surface area (Å²) in [5, 5.41) is -0.257. The van der Waals surface area contributed by atoms with Gasteiger partial charge in [0, 0.05) is 41.2 Å². The van der Waals surface area contributed by atoms with Crippen molar-refractivity contribution in [3.63, 3.8) is 0 Å². The Hall–Kier alpha value is -2.29. The van der Waals surface area contributed by atoms with Gasteiger partial charge in [-0.25, -0.2) is 0 Å². The summed E-state index contributed by atoms with van der Waals surface area (Å²) in [7, 11) is 0. The first-order chi connectivity index (χ1) is 14.9. The Bertz CT molecular complexity index is 1090. The van der Waals surface area contributed by atoms with Gasteiger partial charge in [-0.3, -0.25) is 14.5 Å². The molecule has 0 aliphatic carbocycles. The van der Waals surface area contributed by atoms with Crippen LogP contribution in [-0.2, 0) is 9.53 Å². The molecule has 1 aromatic carbocycles. The van der Waals surface area contributed by atoms with Gasteiger partial charge in [-0.1, -0.05) is 6.08 Å². The van der Waals surface area contributed by atoms with E-state index in [-0.39, 0.29) is 17.7 Å². The van der Waals surface area contributed by atoms with Crippen molar-refractivity contribution in [2.45, 2.75) is 13.8 Å². The van der Waals surface area contributed by atoms with Gasteiger partial charge in [0.05, 0.1) is 23.8 Å². The number of hydrogen-bond donors (Lipinski definition) is 0. The highest BCUT2D eigenvalue weighted by Gasteiger charge is 2.34. The second kappa shape index (κ2) is 9.06. The minimum absolute atomic E-state index is 0.227. The summed E-state index contributed by atoms with van der Waals surface area (Å²) < 4.78 is 8.65. The number of carbonyl (C=O) groups is 2. The van der Waals surface area contributed by atoms with Crippen LogP contribution in [0.25, 0.3) is 11.8 Å². The smallest absolute Gasteiger partial charge is 0.293 e. The molecule has 162 valence electrons. The maximum absolute atomic E-state index is 12.6. The molecule has 1 aromatic heterocycles. The predicted molar refractivity (Wildman–Crippen MR) is 129 cm³/mol. The van der Waals surface area contributed by atoms with Crippen molar-refractivity contribution in [1.29, 1.82) is 0 Å². The second-order valence-corrected chi connectivity index (χ2v) is 9.33. The summed E-state index contributed by atoms with van der Waals surface area (Å²) in [5.74, 6) is -0.266. The van der Waals surface area contributed by atoms with Crippen molar-refractivity contribution in [3.8, 4) is 5.69 Å². The Balaban J connectivity index is 1.65. The number of morpholine rings is 1. The number of halogens is 1. The predicted octanol–water partition coefficient (Wildman–Crippen LogP) is 4.92. The molecule has 2 saturated heterocycles. The second-order valence-electron chi connectivity index (χ2n) is 7.48. The number of nitrogens with zero attached hydrogens (tertiary/aromatic N) is 3. The lowest BCUT2D eigenvalue weighted by atomic mass is 10.2. The summed E-state index contributed by atoms with van der Waals surface area (Å²) in [5.41, 5.74) is 5.19. The Kier molecular flexibility index (Phi) is 6.41. The fourth-order valence-corrected chi connectivity index (χ4v) is 5.41. The summed E-state index contributed by atoms with van der Waals surface area (Å²) in [6, 6.07) is 8.40. The van der Waals surface area contributed by atoms with Crippen molar-refractivity contribution in [3.05, 3.63) is 63.2 Å². The maximum Gasteiger partial charge on any atom is 0.293 e. The average Bonchev–Trinajstić information content (AvgIpc) is 3.18. The molecule has 8 heteroatoms. The molecule has 6 nitrogen and oxygen atoms in total. The van der Waals surface area contributed by atoms with Crippen molar-refractivity contribution < 1.29 is 14.3 Å². The molecular formula is C23H24BrN3O3S. The minimum Gasteiger partial charge on any atom is -0.378 e. The van der Waals surface area contributed by atoms with Gasteiger partial charge in [0.15, 0.2) is 0 Å². The maximum atomic E-state index is 12.6. The molecule has 3 heterocycles. The SMILES string of the molecule is C=CCN1C(=O)S/C(=C\c2cc(C)n(-c3ccc(N4CCOCC4)c(Br)c3)c2C)C1=O. The van der Waals surface area contributed by atoms with E-state index in [2.05, 4.69) is 50.2 Å². The normalized spacial score (nSPS) is 18.4. The topological polar surface area (TPSA) is 54.8 Å². The highest BCUT2D eigenvalue weighted by Crippen LogP contribution is 2.35. The van der Waals surface area contributed by atoms with E-state index in [1.165, 1.54) is 4.90 Å². The summed E-state index contributed by atoms with van der Waals surface area (Å²) in [6.07, 6.45) is 3.37. The number of ether oxygens (including phenoxy) is 1. The lowest BCUT2D eigenvalue weighted by molar-refractivity contribution is -0.122. The van der Waals surface area contributed by atoms with Gasteiger partial charge >= 0.3 is 0 Å². The first kappa shape index (κ1) is 21.9. The van der Waals surface area contributed by atoms with E-state index in [9.17, 15) is 9.59 Å². The van der Waals surface area contributed by atoms with Gasteiger partial charge in [0.1, 0.15) is 0 Å². The van der Waals surface area contributed by atoms with Gasteiger partial charge in [-0.2, -0.15) is 0 Å². The Morgan fingerprint density at radius 3 is 2.61 bits per heavy atom. The highest BCUT2D eigenvalue weighted by atomic mass is 79.9. The van der Waals surface area contributed by atoms with Crippen LogP contribution in [0.15, 0.2) is 46.3 Å². The zero-order chi connectivity index (χ0) is 22.1. The van der Waals surface area contributed by atoms with E-state index < -0.39 is 0 Å². The fourth-order valence-electron chi connectivity index (χ4n) is 3.95. The number of rotatable bonds is 5. The molecule has 0 bridgehead atoms. The average molecular weight is 502 g/mol. The summed E-state index contributed by atoms with van der Waals surface area (Å²) in [6.45, 7) is 11.1. The van der Waals surface area contributed by atoms with Crippen LogP contribution in [0.2, 0.25) is 0 Å². The Labute approximate surface area is 194 Å². The summed E-state index contributed by atoms with van der Waals surface area (Å²) >= 11 is 4.71. The first-order valence-electron chi connectivity index (χ1n) is 10.1. The van der Waals surface area contributed by atoms with E-state index in [1.54, 1.807) is 6.08 Å². The first-order valence-corrected chi connectivity index (χ1v) is 11.7. The van der Waals surface area contributed by atoms with Gasteiger partial charge in [-0.15, -0.1) is 6.58 Å². The van der Waals surface area contributed by atoms with Crippen LogP contribution in [0.5, 0.6) is 0 Å². The quantitative estimate of drug-likeness (QED) is 0.430. The molecule has 4 rings (SSSR count). The number of carbonyl (C=O) groups excluding carboxylic acids is 2. The molecule has 2 amide bonds. The van der Waals surface area contributed by atoms with Crippen LogP contribution in [0.4, 0.5) is 10.5 Å². The zero-order valence-electron chi connectivity index (χ0n) is 17.6. The molecule has 2 aromatic rings. The standard InChI is InChI=1S/C23H24BrN3O3S/c1-4-7-26-22(28)21(31-23(26)29)13-17-12-15(2)27(16(17)3)18-5-6-20(19(24)14-18)25-8-10-30-11-9-25/h4-6,12-14H,1,7-11H2,2-3H3/b21-13-. The van der Waals surface area contributed by atoms with E-state index in [0.29, 0.717) is 4.91 Å². The van der Waals surface area contributed by atoms with Gasteiger partial charge in [0.25, 0.3) is 11.1 Å². The van der Waals surface area contributed by atoms with Gasteiger partial charge < -0.3 is 14.2 Å². The van der Waals surface area contributed by atoms with E-state index >= 15 is 0 Å². The highest BCUT2D eigenvalue weighted by molar-refractivity contribution is 9.10. The van der Waals surface area contributed by atoms with Crippen LogP contribution in [-0.4, -0.2) is 53.5 Å². The number of thioether (sulfide) groups is 1. The molecular weight excluding hydrogens is 478 g/mol. The zero-order valence-corrected chi connectivity index (χ0v) is 20.0. The number of benzene rings is 1. The van der Waals surface area contributed by atoms with Crippen LogP contribution < -0.4 is 4.90 Å². The molecule has 0 unspecified atom stereocenters. The number of amides is 2. The fraction of sp³-hybridized carbons (Fsp3) is 0.304. The Morgan fingerprint density at radius 2 is 1.94 bits per heavy atom. The van der Waals surface area contributed by atoms with Crippen LogP contribution in [0, 0.1) is 13.8 Å². The minimum atomic E-state index is -0.266. The molecule has 2 aliphatic rings. The third-order valence-electron chi connectivity index (χ3n) is 5.48. The van der Waals surface area contributed by atoms with E-state index in [4.69, 9.17) is 4.74 Å². The number of imide groups is 1. The van der Waals surface area contributed by atoms with Crippen molar-refractivity contribution in [2.24, 2.45) is 0 Å². The molecule has 2 fully saturated rings. The number of aryl methyl sites for hydroxylation is 1. The molecule has 0 N–H and O–H groups in total. The van der Waals surface area contributed by atoms with E-state index in [0.717, 1.165) is 70.9 Å². The van der Waals surface area contributed by atoms with Crippen molar-refractivity contribution in [1.82, 2.24) is 9.47 Å². The van der Waals surface area contributed by atoms with Gasteiger partial charge in [-0.05, 0) is 77.4 Å². The molecule has 0 saturated carbocycles. The molecule has 0 atom stereocenters. The summed E-state index contributed by atoms with van der Waals surface area (Å²) in [4.78, 5) is 28.6. The van der Waals surface area contributed by atoms with Crippen LogP contribution in [0.1, 0.15) is 17.0 Å². The number of hydrogen-bond acceptors (Lipinski definition) is 5. The largest absolute Gasteiger partial charge is 0.378 e. The van der Waals surface area contributed by atoms with Crippen LogP contribution in [0.3, 0.4) is 0 Å². The molecule has 31 heavy (non-hydrogen) atoms. The number of anilines is 1. The monoisotopic (exact) mass is 501 g/mol. The van der Waals surface area contributed by atoms with E-state index in [1.807, 2.05) is 26.0 Å².